The number of hydrogen-bond acceptors (Lipinski definition) is 7. The molecule has 0 aliphatic heterocycles. The number of aliphatic hydroxyl groups excluding tert-OH is 1. The van der Waals surface area contributed by atoms with E-state index < -0.39 is 44.6 Å². The Kier molecular flexibility index (Phi) is 16.0. The van der Waals surface area contributed by atoms with Crippen molar-refractivity contribution in [2.45, 2.75) is 193 Å². The van der Waals surface area contributed by atoms with Crippen molar-refractivity contribution in [2.24, 2.45) is 50.6 Å². The van der Waals surface area contributed by atoms with Crippen LogP contribution in [0, 0.1) is 44.8 Å². The third kappa shape index (κ3) is 10.2. The zero-order valence-corrected chi connectivity index (χ0v) is 35.4. The van der Waals surface area contributed by atoms with Gasteiger partial charge in [0, 0.05) is 17.4 Å². The number of aliphatic hydroxyl groups is 1. The number of primary amides is 1. The maximum Gasteiger partial charge on any atom is 0.405 e. The third-order valence-electron chi connectivity index (χ3n) is 14.2. The third-order valence-corrected chi connectivity index (χ3v) is 14.2. The van der Waals surface area contributed by atoms with Crippen molar-refractivity contribution in [1.82, 2.24) is 0 Å². The van der Waals surface area contributed by atoms with Crippen LogP contribution in [0.25, 0.3) is 0 Å². The quantitative estimate of drug-likeness (QED) is 0.0903. The van der Waals surface area contributed by atoms with Crippen LogP contribution in [0.5, 0.6) is 0 Å². The molecule has 0 rings (SSSR count). The number of nitrogens with two attached hydrogens (primary N) is 1. The van der Waals surface area contributed by atoms with Gasteiger partial charge in [-0.3, -0.25) is 9.59 Å². The molecular weight excluding hydrogens is 618 g/mol. The van der Waals surface area contributed by atoms with E-state index in [1.54, 1.807) is 0 Å². The van der Waals surface area contributed by atoms with E-state index in [2.05, 4.69) is 41.5 Å². The molecule has 0 aromatic carbocycles. The lowest BCUT2D eigenvalue weighted by molar-refractivity contribution is -0.188. The van der Waals surface area contributed by atoms with Gasteiger partial charge in [0.2, 0.25) is 0 Å². The SMILES string of the molecule is CCC(CO)(CC(C)(C)OC(=O)C(C)(CC)C(C)C(C)(CC)C(C)C)CC(C)(C)OC(=O)C(C)(CC)C(C)C(C)(CC)C(C)(C)OC(N)=O. The van der Waals surface area contributed by atoms with Gasteiger partial charge in [-0.15, -0.1) is 0 Å². The van der Waals surface area contributed by atoms with Gasteiger partial charge < -0.3 is 25.1 Å². The molecule has 0 spiro atoms. The van der Waals surface area contributed by atoms with Crippen LogP contribution < -0.4 is 5.73 Å². The molecule has 0 radical (unpaired) electrons. The van der Waals surface area contributed by atoms with Crippen molar-refractivity contribution in [3.05, 3.63) is 0 Å². The minimum atomic E-state index is -0.944. The van der Waals surface area contributed by atoms with Crippen LogP contribution in [-0.2, 0) is 23.8 Å². The Hall–Kier alpha value is -1.83. The average Bonchev–Trinajstić information content (AvgIpc) is 2.99. The first kappa shape index (κ1) is 47.2. The summed E-state index contributed by atoms with van der Waals surface area (Å²) >= 11 is 0. The van der Waals surface area contributed by atoms with Crippen LogP contribution in [-0.4, -0.2) is 46.5 Å². The molecule has 0 heterocycles. The van der Waals surface area contributed by atoms with Crippen molar-refractivity contribution in [1.29, 1.82) is 0 Å². The molecule has 0 aromatic rings. The van der Waals surface area contributed by atoms with E-state index in [9.17, 15) is 19.5 Å². The van der Waals surface area contributed by atoms with Crippen molar-refractivity contribution in [2.75, 3.05) is 6.61 Å². The molecule has 7 atom stereocenters. The zero-order chi connectivity index (χ0) is 39.2. The molecule has 8 heteroatoms. The molecule has 0 saturated carbocycles. The van der Waals surface area contributed by atoms with Gasteiger partial charge in [0.25, 0.3) is 0 Å². The van der Waals surface area contributed by atoms with Crippen molar-refractivity contribution in [3.8, 4) is 0 Å². The number of esters is 2. The molecule has 0 aliphatic rings. The molecule has 0 fully saturated rings. The van der Waals surface area contributed by atoms with Crippen LogP contribution in [0.4, 0.5) is 4.79 Å². The summed E-state index contributed by atoms with van der Waals surface area (Å²) in [5.41, 5.74) is -0.227. The Morgan fingerprint density at radius 2 is 0.980 bits per heavy atom. The van der Waals surface area contributed by atoms with Gasteiger partial charge in [-0.25, -0.2) is 4.79 Å². The lowest BCUT2D eigenvalue weighted by atomic mass is 9.56. The van der Waals surface area contributed by atoms with Crippen molar-refractivity contribution >= 4 is 18.0 Å². The molecular formula is C41H79NO7. The van der Waals surface area contributed by atoms with E-state index in [1.165, 1.54) is 0 Å². The maximum atomic E-state index is 14.2. The molecule has 3 N–H and O–H groups in total. The Morgan fingerprint density at radius 3 is 1.24 bits per heavy atom. The predicted octanol–water partition coefficient (Wildman–Crippen LogP) is 10.3. The topological polar surface area (TPSA) is 125 Å². The number of rotatable bonds is 21. The number of ether oxygens (including phenoxy) is 3. The second kappa shape index (κ2) is 16.7. The fourth-order valence-electron chi connectivity index (χ4n) is 8.67. The summed E-state index contributed by atoms with van der Waals surface area (Å²) in [6, 6.07) is 0. The summed E-state index contributed by atoms with van der Waals surface area (Å²) in [6.45, 7) is 38.3. The van der Waals surface area contributed by atoms with E-state index in [0.717, 1.165) is 6.42 Å². The summed E-state index contributed by atoms with van der Waals surface area (Å²) in [6.07, 6.45) is 3.29. The summed E-state index contributed by atoms with van der Waals surface area (Å²) in [7, 11) is 0. The first-order valence-electron chi connectivity index (χ1n) is 19.0. The molecule has 1 amide bonds. The summed E-state index contributed by atoms with van der Waals surface area (Å²) in [4.78, 5) is 40.1. The van der Waals surface area contributed by atoms with Gasteiger partial charge in [-0.1, -0.05) is 82.6 Å². The summed E-state index contributed by atoms with van der Waals surface area (Å²) in [5, 5.41) is 10.9. The number of hydrogen-bond donors (Lipinski definition) is 2. The van der Waals surface area contributed by atoms with Crippen LogP contribution in [0.1, 0.15) is 176 Å². The van der Waals surface area contributed by atoms with Gasteiger partial charge in [0.1, 0.15) is 16.8 Å². The normalized spacial score (nSPS) is 20.4. The minimum Gasteiger partial charge on any atom is -0.459 e. The van der Waals surface area contributed by atoms with Crippen LogP contribution in [0.2, 0.25) is 0 Å². The molecule has 7 unspecified atom stereocenters. The number of carbonyl (C=O) groups excluding carboxylic acids is 3. The second-order valence-corrected chi connectivity index (χ2v) is 18.4. The van der Waals surface area contributed by atoms with Crippen molar-refractivity contribution in [3.63, 3.8) is 0 Å². The predicted molar refractivity (Wildman–Crippen MR) is 201 cm³/mol. The monoisotopic (exact) mass is 698 g/mol. The smallest absolute Gasteiger partial charge is 0.405 e. The maximum absolute atomic E-state index is 14.2. The molecule has 0 aliphatic carbocycles. The first-order valence-corrected chi connectivity index (χ1v) is 19.0. The van der Waals surface area contributed by atoms with E-state index in [-0.39, 0.29) is 35.8 Å². The van der Waals surface area contributed by atoms with Crippen LogP contribution in [0.3, 0.4) is 0 Å². The molecule has 0 bridgehead atoms. The largest absolute Gasteiger partial charge is 0.459 e. The molecule has 0 aromatic heterocycles. The highest BCUT2D eigenvalue weighted by Gasteiger charge is 2.56. The van der Waals surface area contributed by atoms with Crippen LogP contribution >= 0.6 is 0 Å². The summed E-state index contributed by atoms with van der Waals surface area (Å²) in [5.74, 6) is -0.318. The lowest BCUT2D eigenvalue weighted by Crippen LogP contribution is -2.56. The Morgan fingerprint density at radius 1 is 0.592 bits per heavy atom. The number of carbonyl (C=O) groups is 3. The molecule has 0 saturated heterocycles. The van der Waals surface area contributed by atoms with Gasteiger partial charge in [-0.2, -0.15) is 0 Å². The van der Waals surface area contributed by atoms with E-state index in [4.69, 9.17) is 19.9 Å². The lowest BCUT2D eigenvalue weighted by Gasteiger charge is -2.52. The van der Waals surface area contributed by atoms with Gasteiger partial charge in [-0.05, 0) is 117 Å². The molecule has 49 heavy (non-hydrogen) atoms. The highest BCUT2D eigenvalue weighted by molar-refractivity contribution is 5.78. The van der Waals surface area contributed by atoms with E-state index in [1.807, 2.05) is 90.0 Å². The van der Waals surface area contributed by atoms with Gasteiger partial charge in [0.05, 0.1) is 10.8 Å². The number of amides is 1. The highest BCUT2D eigenvalue weighted by atomic mass is 16.6. The van der Waals surface area contributed by atoms with Gasteiger partial charge in [0.15, 0.2) is 0 Å². The summed E-state index contributed by atoms with van der Waals surface area (Å²) < 4.78 is 18.4. The van der Waals surface area contributed by atoms with Gasteiger partial charge >= 0.3 is 18.0 Å². The highest BCUT2D eigenvalue weighted by Crippen LogP contribution is 2.54. The van der Waals surface area contributed by atoms with E-state index in [0.29, 0.717) is 44.4 Å². The fourth-order valence-corrected chi connectivity index (χ4v) is 8.67. The molecule has 8 nitrogen and oxygen atoms in total. The first-order chi connectivity index (χ1) is 22.0. The molecule has 290 valence electrons. The second-order valence-electron chi connectivity index (χ2n) is 18.4. The Labute approximate surface area is 301 Å². The average molecular weight is 698 g/mol. The minimum absolute atomic E-state index is 0.0379. The van der Waals surface area contributed by atoms with Crippen LogP contribution in [0.15, 0.2) is 0 Å². The Bertz CT molecular complexity index is 1110. The van der Waals surface area contributed by atoms with Crippen molar-refractivity contribution < 1.29 is 33.7 Å². The standard InChI is InChI=1S/C41H79NO7/c1-20-37(16,28(6)7)29(8)38(17,21-2)31(44)47-34(10,11)25-41(24-5,27-43)26-35(12,13)48-32(45)39(18,22-3)30(9)40(19,23-4)36(14,15)49-33(42)46/h28-30,43H,20-27H2,1-19H3,(H2,42,46). The van der Waals surface area contributed by atoms with E-state index >= 15 is 0 Å². The Balaban J connectivity index is 6.41. The zero-order valence-electron chi connectivity index (χ0n) is 35.4. The fraction of sp³-hybridized carbons (Fsp3) is 0.927.